The van der Waals surface area contributed by atoms with Crippen LogP contribution in [0.1, 0.15) is 13.2 Å². The number of nitrogens with one attached hydrogen (secondary N) is 1. The lowest BCUT2D eigenvalue weighted by Crippen LogP contribution is -2.65. The predicted molar refractivity (Wildman–Crippen MR) is 94.6 cm³/mol. The molecule has 1 saturated heterocycles. The summed E-state index contributed by atoms with van der Waals surface area (Å²) < 4.78 is 74.8. The third kappa shape index (κ3) is 4.94. The minimum atomic E-state index is -5.17. The van der Waals surface area contributed by atoms with Gasteiger partial charge in [-0.3, -0.25) is 28.2 Å². The second-order valence-electron chi connectivity index (χ2n) is 6.60. The van der Waals surface area contributed by atoms with Crippen LogP contribution in [0.25, 0.3) is 0 Å². The largest absolute Gasteiger partial charge is 0.463 e. The van der Waals surface area contributed by atoms with E-state index in [4.69, 9.17) is 4.74 Å². The number of aromatic nitrogens is 2. The quantitative estimate of drug-likeness (QED) is 0.189. The molecule has 1 aromatic rings. The summed E-state index contributed by atoms with van der Waals surface area (Å²) in [5.41, 5.74) is -8.66. The van der Waals surface area contributed by atoms with Crippen LogP contribution in [0, 0.1) is 0 Å². The fourth-order valence-electron chi connectivity index (χ4n) is 3.12. The maximum Gasteiger partial charge on any atom is 0.330 e. The normalized spacial score (nSPS) is 29.6. The summed E-state index contributed by atoms with van der Waals surface area (Å²) in [6.07, 6.45) is -3.47. The van der Waals surface area contributed by atoms with Gasteiger partial charge in [0.15, 0.2) is 11.8 Å². The maximum absolute atomic E-state index is 12.1. The molecule has 1 aliphatic rings. The van der Waals surface area contributed by atoms with Gasteiger partial charge in [-0.25, -0.2) is 4.79 Å². The number of ether oxygens (including phenoxy) is 2. The highest BCUT2D eigenvalue weighted by Crippen LogP contribution is 2.46. The molecule has 17 heteroatoms. The maximum atomic E-state index is 12.1. The molecule has 0 radical (unpaired) electrons. The first kappa shape index (κ1) is 24.1. The number of nitrogens with zero attached hydrogens (tertiary/aromatic N) is 1. The van der Waals surface area contributed by atoms with Crippen LogP contribution in [0.5, 0.6) is 0 Å². The van der Waals surface area contributed by atoms with Gasteiger partial charge in [-0.1, -0.05) is 0 Å². The van der Waals surface area contributed by atoms with Crippen molar-refractivity contribution >= 4 is 26.2 Å². The van der Waals surface area contributed by atoms with E-state index in [2.05, 4.69) is 4.74 Å². The van der Waals surface area contributed by atoms with Crippen molar-refractivity contribution in [3.63, 3.8) is 0 Å². The molecule has 170 valence electrons. The molecule has 0 aromatic carbocycles. The molecular weight excluding hydrogens is 456 g/mol. The second-order valence-corrected chi connectivity index (χ2v) is 9.50. The van der Waals surface area contributed by atoms with E-state index < -0.39 is 79.1 Å². The molecule has 0 amide bonds. The zero-order chi connectivity index (χ0) is 23.1. The van der Waals surface area contributed by atoms with Crippen LogP contribution >= 0.6 is 0 Å². The first-order valence-corrected chi connectivity index (χ1v) is 11.2. The Labute approximate surface area is 168 Å². The number of rotatable bonds is 7. The third-order valence-electron chi connectivity index (χ3n) is 4.33. The number of H-pyrrole nitrogens is 1. The molecule has 1 aliphatic heterocycles. The first-order valence-electron chi connectivity index (χ1n) is 7.94. The predicted octanol–water partition coefficient (Wildman–Crippen LogP) is -3.77. The molecule has 0 spiro atoms. The summed E-state index contributed by atoms with van der Waals surface area (Å²) in [7, 11) is -10.3. The Hall–Kier alpha value is -2.15. The van der Waals surface area contributed by atoms with Crippen LogP contribution in [0.2, 0.25) is 0 Å². The fourth-order valence-corrected chi connectivity index (χ4v) is 5.06. The van der Waals surface area contributed by atoms with Crippen molar-refractivity contribution < 1.29 is 50.4 Å². The van der Waals surface area contributed by atoms with E-state index >= 15 is 0 Å². The molecule has 1 fully saturated rings. The molecule has 1 aromatic heterocycles. The Morgan fingerprint density at radius 3 is 2.17 bits per heavy atom. The summed E-state index contributed by atoms with van der Waals surface area (Å²) >= 11 is 0. The van der Waals surface area contributed by atoms with E-state index in [-0.39, 0.29) is 0 Å². The van der Waals surface area contributed by atoms with Crippen LogP contribution in [-0.4, -0.2) is 87.1 Å². The van der Waals surface area contributed by atoms with Crippen LogP contribution < -0.4 is 11.2 Å². The summed E-state index contributed by atoms with van der Waals surface area (Å²) in [6.45, 7) is -0.00513. The van der Waals surface area contributed by atoms with Crippen molar-refractivity contribution in [1.29, 1.82) is 0 Å². The lowest BCUT2D eigenvalue weighted by Gasteiger charge is -2.39. The number of esters is 1. The van der Waals surface area contributed by atoms with E-state index in [1.54, 1.807) is 4.98 Å². The Balaban J connectivity index is 2.75. The second kappa shape index (κ2) is 7.84. The lowest BCUT2D eigenvalue weighted by atomic mass is 9.82. The average Bonchev–Trinajstić information content (AvgIpc) is 2.70. The fraction of sp³-hybridized carbons (Fsp3) is 0.615. The van der Waals surface area contributed by atoms with Gasteiger partial charge >= 0.3 is 11.7 Å². The van der Waals surface area contributed by atoms with Crippen LogP contribution in [0.3, 0.4) is 0 Å². The van der Waals surface area contributed by atoms with Crippen molar-refractivity contribution in [3.05, 3.63) is 33.1 Å². The minimum absolute atomic E-state index is 0.412. The molecule has 2 heterocycles. The van der Waals surface area contributed by atoms with Crippen molar-refractivity contribution in [3.8, 4) is 0 Å². The van der Waals surface area contributed by atoms with Crippen LogP contribution in [0.15, 0.2) is 21.9 Å². The zero-order valence-electron chi connectivity index (χ0n) is 15.2. The van der Waals surface area contributed by atoms with Gasteiger partial charge in [-0.05, 0) is 0 Å². The highest BCUT2D eigenvalue weighted by molar-refractivity contribution is 7.86. The zero-order valence-corrected chi connectivity index (χ0v) is 16.8. The number of hydrogen-bond acceptors (Lipinski definition) is 11. The van der Waals surface area contributed by atoms with E-state index in [0.717, 1.165) is 19.2 Å². The summed E-state index contributed by atoms with van der Waals surface area (Å²) in [4.78, 5) is 36.3. The number of aliphatic hydroxyl groups is 2. The van der Waals surface area contributed by atoms with Crippen molar-refractivity contribution in [1.82, 2.24) is 9.55 Å². The van der Waals surface area contributed by atoms with Crippen LogP contribution in [-0.2, 0) is 34.5 Å². The summed E-state index contributed by atoms with van der Waals surface area (Å²) in [6, 6.07) is 0.764. The Bertz CT molecular complexity index is 1150. The summed E-state index contributed by atoms with van der Waals surface area (Å²) in [5, 5.41) is 22.1. The molecule has 0 bridgehead atoms. The topological polar surface area (TPSA) is 240 Å². The van der Waals surface area contributed by atoms with Gasteiger partial charge in [0.05, 0.1) is 0 Å². The van der Waals surface area contributed by atoms with Gasteiger partial charge in [0, 0.05) is 19.2 Å². The molecule has 5 N–H and O–H groups in total. The standard InChI is InChI=1S/C13H18N2O13S2/c1-7(16)27-4-8-12(19,5-29(21,22)23)13(20,6-30(24,25)26)10(28-8)15-3-2-9(17)14-11(15)18/h2-3,8,10,19-20H,4-6H2,1H3,(H,14,17,18)(H,21,22,23)(H,24,25,26)/t8-,10-,12-,13+/m1/s1. The van der Waals surface area contributed by atoms with Gasteiger partial charge in [-0.15, -0.1) is 0 Å². The third-order valence-corrected chi connectivity index (χ3v) is 5.94. The smallest absolute Gasteiger partial charge is 0.330 e. The van der Waals surface area contributed by atoms with Gasteiger partial charge in [0.2, 0.25) is 0 Å². The molecule has 0 unspecified atom stereocenters. The van der Waals surface area contributed by atoms with E-state index in [1.807, 2.05) is 0 Å². The Morgan fingerprint density at radius 2 is 1.70 bits per heavy atom. The SMILES string of the molecule is CC(=O)OC[C@H]1O[C@@H](n2ccc(=O)[nH]c2=O)[C@@](O)(CS(=O)(=O)O)[C@@]1(O)CS(=O)(=O)O. The van der Waals surface area contributed by atoms with Crippen molar-refractivity contribution in [2.75, 3.05) is 18.1 Å². The minimum Gasteiger partial charge on any atom is -0.463 e. The molecule has 2 rings (SSSR count). The monoisotopic (exact) mass is 474 g/mol. The molecule has 15 nitrogen and oxygen atoms in total. The first-order chi connectivity index (χ1) is 13.5. The molecule has 0 aliphatic carbocycles. The average molecular weight is 474 g/mol. The van der Waals surface area contributed by atoms with Gasteiger partial charge in [0.1, 0.15) is 29.8 Å². The Morgan fingerprint density at radius 1 is 1.17 bits per heavy atom. The van der Waals surface area contributed by atoms with E-state index in [0.29, 0.717) is 4.57 Å². The van der Waals surface area contributed by atoms with Crippen molar-refractivity contribution in [2.24, 2.45) is 0 Å². The lowest BCUT2D eigenvalue weighted by molar-refractivity contribution is -0.152. The molecular formula is C13H18N2O13S2. The van der Waals surface area contributed by atoms with Crippen molar-refractivity contribution in [2.45, 2.75) is 30.5 Å². The highest BCUT2D eigenvalue weighted by Gasteiger charge is 2.69. The van der Waals surface area contributed by atoms with Gasteiger partial charge < -0.3 is 19.7 Å². The number of carbonyl (C=O) groups excluding carboxylic acids is 1. The number of aromatic amines is 1. The van der Waals surface area contributed by atoms with Gasteiger partial charge in [0.25, 0.3) is 25.8 Å². The van der Waals surface area contributed by atoms with E-state index in [9.17, 15) is 50.5 Å². The molecule has 0 saturated carbocycles. The number of hydrogen-bond donors (Lipinski definition) is 5. The number of carbonyl (C=O) groups is 1. The Kier molecular flexibility index (Phi) is 6.30. The molecule has 30 heavy (non-hydrogen) atoms. The van der Waals surface area contributed by atoms with Gasteiger partial charge in [-0.2, -0.15) is 16.8 Å². The summed E-state index contributed by atoms with van der Waals surface area (Å²) in [5.74, 6) is -4.43. The van der Waals surface area contributed by atoms with Crippen LogP contribution in [0.4, 0.5) is 0 Å². The van der Waals surface area contributed by atoms with E-state index in [1.165, 1.54) is 0 Å². The highest BCUT2D eigenvalue weighted by atomic mass is 32.2. The molecule has 4 atom stereocenters.